The van der Waals surface area contributed by atoms with Gasteiger partial charge < -0.3 is 4.90 Å². The van der Waals surface area contributed by atoms with Crippen LogP contribution in [0.5, 0.6) is 0 Å². The molecule has 0 N–H and O–H groups in total. The van der Waals surface area contributed by atoms with Crippen molar-refractivity contribution in [3.8, 4) is 12.3 Å². The minimum atomic E-state index is -0.0981. The number of aromatic nitrogens is 2. The Morgan fingerprint density at radius 3 is 2.50 bits per heavy atom. The first-order valence-corrected chi connectivity index (χ1v) is 7.99. The Bertz CT molecular complexity index is 778. The molecule has 0 saturated heterocycles. The third kappa shape index (κ3) is 3.75. The van der Waals surface area contributed by atoms with Crippen molar-refractivity contribution in [1.82, 2.24) is 14.7 Å². The van der Waals surface area contributed by atoms with Gasteiger partial charge in [0.25, 0.3) is 0 Å². The maximum atomic E-state index is 12.3. The van der Waals surface area contributed by atoms with Crippen molar-refractivity contribution in [1.29, 1.82) is 0 Å². The Kier molecular flexibility index (Phi) is 5.59. The number of benzene rings is 1. The lowest BCUT2D eigenvalue weighted by Crippen LogP contribution is -2.28. The zero-order chi connectivity index (χ0) is 17.7. The van der Waals surface area contributed by atoms with Gasteiger partial charge in [0.2, 0.25) is 5.91 Å². The lowest BCUT2D eigenvalue weighted by Gasteiger charge is -2.22. The molecule has 0 saturated carbocycles. The normalized spacial score (nSPS) is 10.2. The average Bonchev–Trinajstić information content (AvgIpc) is 2.88. The minimum absolute atomic E-state index is 0.0981. The molecule has 1 amide bonds. The molecule has 1 aromatic heterocycles. The summed E-state index contributed by atoms with van der Waals surface area (Å²) in [6.07, 6.45) is 6.74. The number of hydrogen-bond acceptors (Lipinski definition) is 2. The lowest BCUT2D eigenvalue weighted by atomic mass is 10.1. The number of terminal acetylenes is 1. The van der Waals surface area contributed by atoms with Crippen LogP contribution in [0.25, 0.3) is 0 Å². The van der Waals surface area contributed by atoms with E-state index in [9.17, 15) is 4.79 Å². The molecule has 0 aliphatic heterocycles. The van der Waals surface area contributed by atoms with Gasteiger partial charge in [0.1, 0.15) is 0 Å². The van der Waals surface area contributed by atoms with Gasteiger partial charge in [-0.2, -0.15) is 5.10 Å². The summed E-state index contributed by atoms with van der Waals surface area (Å²) in [6, 6.07) is 7.68. The molecule has 0 unspecified atom stereocenters. The molecule has 0 aliphatic carbocycles. The highest BCUT2D eigenvalue weighted by Gasteiger charge is 2.17. The van der Waals surface area contributed by atoms with Gasteiger partial charge in [-0.25, -0.2) is 0 Å². The van der Waals surface area contributed by atoms with E-state index in [0.717, 1.165) is 34.6 Å². The highest BCUT2D eigenvalue weighted by atomic mass is 16.2. The van der Waals surface area contributed by atoms with Crippen molar-refractivity contribution in [2.75, 3.05) is 0 Å². The Balaban J connectivity index is 2.26. The van der Waals surface area contributed by atoms with Crippen LogP contribution in [-0.2, 0) is 24.4 Å². The van der Waals surface area contributed by atoms with E-state index in [2.05, 4.69) is 24.5 Å². The smallest absolute Gasteiger partial charge is 0.246 e. The molecule has 4 heteroatoms. The Hall–Kier alpha value is -2.80. The van der Waals surface area contributed by atoms with E-state index in [1.54, 1.807) is 4.90 Å². The molecule has 0 radical (unpaired) electrons. The first kappa shape index (κ1) is 17.6. The van der Waals surface area contributed by atoms with Crippen LogP contribution >= 0.6 is 0 Å². The molecule has 4 nitrogen and oxygen atoms in total. The van der Waals surface area contributed by atoms with Gasteiger partial charge in [-0.05, 0) is 44.5 Å². The van der Waals surface area contributed by atoms with E-state index < -0.39 is 0 Å². The molecule has 2 rings (SSSR count). The average molecular weight is 321 g/mol. The van der Waals surface area contributed by atoms with Gasteiger partial charge in [-0.15, -0.1) is 6.42 Å². The van der Waals surface area contributed by atoms with Crippen LogP contribution in [0.4, 0.5) is 0 Å². The van der Waals surface area contributed by atoms with Crippen LogP contribution in [0, 0.1) is 26.2 Å². The quantitative estimate of drug-likeness (QED) is 0.605. The molecule has 0 atom stereocenters. The van der Waals surface area contributed by atoms with Crippen LogP contribution in [-0.4, -0.2) is 20.6 Å². The van der Waals surface area contributed by atoms with Crippen molar-refractivity contribution in [3.05, 3.63) is 65.0 Å². The maximum Gasteiger partial charge on any atom is 0.246 e. The largest absolute Gasteiger partial charge is 0.330 e. The summed E-state index contributed by atoms with van der Waals surface area (Å²) < 4.78 is 1.96. The molecule has 0 fully saturated rings. The fraction of sp³-hybridized carbons (Fsp3) is 0.300. The molecule has 1 heterocycles. The van der Waals surface area contributed by atoms with Crippen LogP contribution in [0.15, 0.2) is 36.9 Å². The molecular formula is C20H23N3O. The van der Waals surface area contributed by atoms with E-state index in [-0.39, 0.29) is 5.91 Å². The highest BCUT2D eigenvalue weighted by molar-refractivity contribution is 5.87. The van der Waals surface area contributed by atoms with Crippen molar-refractivity contribution in [2.24, 2.45) is 0 Å². The SMILES string of the molecule is C#Cc1ccc(CN(Cc2c(C)nn(CC)c2C)C(=O)C=C)cc1. The second-order valence-corrected chi connectivity index (χ2v) is 5.70. The zero-order valence-corrected chi connectivity index (χ0v) is 14.5. The van der Waals surface area contributed by atoms with Crippen LogP contribution in [0.1, 0.15) is 35.0 Å². The summed E-state index contributed by atoms with van der Waals surface area (Å²) in [6.45, 7) is 11.5. The van der Waals surface area contributed by atoms with Crippen LogP contribution in [0.2, 0.25) is 0 Å². The number of aryl methyl sites for hydroxylation is 2. The minimum Gasteiger partial charge on any atom is -0.330 e. The second-order valence-electron chi connectivity index (χ2n) is 5.70. The van der Waals surface area contributed by atoms with Gasteiger partial charge >= 0.3 is 0 Å². The molecule has 24 heavy (non-hydrogen) atoms. The Morgan fingerprint density at radius 1 is 1.33 bits per heavy atom. The lowest BCUT2D eigenvalue weighted by molar-refractivity contribution is -0.127. The standard InChI is InChI=1S/C20H23N3O/c1-6-17-9-11-18(12-10-17)13-22(20(24)7-2)14-19-15(4)21-23(8-3)16(19)5/h1,7,9-12H,2,8,13-14H2,3-5H3. The van der Waals surface area contributed by atoms with E-state index >= 15 is 0 Å². The fourth-order valence-electron chi connectivity index (χ4n) is 2.73. The van der Waals surface area contributed by atoms with Gasteiger partial charge in [0.05, 0.1) is 5.69 Å². The summed E-state index contributed by atoms with van der Waals surface area (Å²) in [5.41, 5.74) is 5.00. The molecule has 0 aliphatic rings. The topological polar surface area (TPSA) is 38.1 Å². The summed E-state index contributed by atoms with van der Waals surface area (Å²) in [4.78, 5) is 14.1. The number of rotatable bonds is 6. The van der Waals surface area contributed by atoms with Crippen molar-refractivity contribution < 1.29 is 4.79 Å². The third-order valence-electron chi connectivity index (χ3n) is 4.16. The zero-order valence-electron chi connectivity index (χ0n) is 14.5. The van der Waals surface area contributed by atoms with Gasteiger partial charge in [-0.1, -0.05) is 24.6 Å². The molecule has 124 valence electrons. The summed E-state index contributed by atoms with van der Waals surface area (Å²) >= 11 is 0. The van der Waals surface area contributed by atoms with E-state index in [1.807, 2.05) is 42.8 Å². The van der Waals surface area contributed by atoms with Gasteiger partial charge in [0, 0.05) is 36.5 Å². The maximum absolute atomic E-state index is 12.3. The number of hydrogen-bond donors (Lipinski definition) is 0. The van der Waals surface area contributed by atoms with Crippen LogP contribution < -0.4 is 0 Å². The Labute approximate surface area is 143 Å². The molecule has 2 aromatic rings. The van der Waals surface area contributed by atoms with Crippen LogP contribution in [0.3, 0.4) is 0 Å². The highest BCUT2D eigenvalue weighted by Crippen LogP contribution is 2.18. The van der Waals surface area contributed by atoms with Crippen molar-refractivity contribution in [2.45, 2.75) is 40.4 Å². The van der Waals surface area contributed by atoms with Crippen molar-refractivity contribution in [3.63, 3.8) is 0 Å². The van der Waals surface area contributed by atoms with E-state index in [0.29, 0.717) is 13.1 Å². The predicted octanol–water partition coefficient (Wildman–Crippen LogP) is 3.22. The van der Waals surface area contributed by atoms with Gasteiger partial charge in [0.15, 0.2) is 0 Å². The number of nitrogens with zero attached hydrogens (tertiary/aromatic N) is 3. The Morgan fingerprint density at radius 2 is 2.00 bits per heavy atom. The summed E-state index contributed by atoms with van der Waals surface area (Å²) in [5, 5.41) is 4.53. The molecular weight excluding hydrogens is 298 g/mol. The molecule has 1 aromatic carbocycles. The number of carbonyl (C=O) groups excluding carboxylic acids is 1. The summed E-state index contributed by atoms with van der Waals surface area (Å²) in [7, 11) is 0. The molecule has 0 bridgehead atoms. The predicted molar refractivity (Wildman–Crippen MR) is 96.2 cm³/mol. The van der Waals surface area contributed by atoms with Crippen molar-refractivity contribution >= 4 is 5.91 Å². The number of carbonyl (C=O) groups is 1. The van der Waals surface area contributed by atoms with E-state index in [1.165, 1.54) is 6.08 Å². The third-order valence-corrected chi connectivity index (χ3v) is 4.16. The fourth-order valence-corrected chi connectivity index (χ4v) is 2.73. The van der Waals surface area contributed by atoms with E-state index in [4.69, 9.17) is 6.42 Å². The molecule has 0 spiro atoms. The first-order chi connectivity index (χ1) is 11.5. The second kappa shape index (κ2) is 7.65. The number of amides is 1. The first-order valence-electron chi connectivity index (χ1n) is 7.99. The van der Waals surface area contributed by atoms with Gasteiger partial charge in [-0.3, -0.25) is 9.48 Å². The summed E-state index contributed by atoms with van der Waals surface area (Å²) in [5.74, 6) is 2.50. The monoisotopic (exact) mass is 321 g/mol.